The van der Waals surface area contributed by atoms with E-state index in [9.17, 15) is 8.42 Å². The van der Waals surface area contributed by atoms with Gasteiger partial charge in [0.15, 0.2) is 20.0 Å². The molecule has 1 aromatic heterocycles. The van der Waals surface area contributed by atoms with Gasteiger partial charge in [0.05, 0.1) is 12.9 Å². The fourth-order valence-corrected chi connectivity index (χ4v) is 4.94. The molecule has 0 amide bonds. The molecule has 3 rings (SSSR count). The minimum absolute atomic E-state index is 0.0600. The summed E-state index contributed by atoms with van der Waals surface area (Å²) in [6.07, 6.45) is 2.84. The van der Waals surface area contributed by atoms with Crippen molar-refractivity contribution >= 4 is 24.2 Å². The van der Waals surface area contributed by atoms with Crippen LogP contribution in [-0.2, 0) is 21.1 Å². The van der Waals surface area contributed by atoms with E-state index >= 15 is 4.39 Å². The molecule has 0 aliphatic carbocycles. The van der Waals surface area contributed by atoms with Crippen molar-refractivity contribution in [1.29, 1.82) is 0 Å². The molecule has 0 fully saturated rings. The molecular weight excluding hydrogens is 397 g/mol. The maximum absolute atomic E-state index is 15.1. The maximum Gasteiger partial charge on any atom is 0.211 e. The second kappa shape index (κ2) is 7.19. The van der Waals surface area contributed by atoms with Gasteiger partial charge < -0.3 is 9.33 Å². The van der Waals surface area contributed by atoms with Gasteiger partial charge in [-0.1, -0.05) is 20.8 Å². The Kier molecular flexibility index (Phi) is 5.50. The number of aromatic nitrogens is 1. The van der Waals surface area contributed by atoms with E-state index in [1.807, 2.05) is 4.90 Å². The van der Waals surface area contributed by atoms with Crippen LogP contribution in [0.3, 0.4) is 0 Å². The molecule has 156 valence electrons. The number of hydrogen-bond donors (Lipinski definition) is 0. The van der Waals surface area contributed by atoms with Gasteiger partial charge in [-0.3, -0.25) is 0 Å². The maximum atomic E-state index is 15.1. The Balaban J connectivity index is 1.70. The molecule has 0 saturated heterocycles. The summed E-state index contributed by atoms with van der Waals surface area (Å²) in [5, 5.41) is 0.0600. The third kappa shape index (κ3) is 4.17. The molecule has 28 heavy (non-hydrogen) atoms. The summed E-state index contributed by atoms with van der Waals surface area (Å²) in [4.78, 5) is 6.14. The minimum atomic E-state index is -3.20. The fraction of sp³-hybridized carbons (Fsp3) is 0.632. The van der Waals surface area contributed by atoms with Crippen molar-refractivity contribution in [2.75, 3.05) is 37.3 Å². The quantitative estimate of drug-likeness (QED) is 0.534. The van der Waals surface area contributed by atoms with E-state index in [1.54, 1.807) is 12.3 Å². The van der Waals surface area contributed by atoms with Gasteiger partial charge in [-0.15, -0.1) is 0 Å². The van der Waals surface area contributed by atoms with Crippen molar-refractivity contribution in [3.8, 4) is 0 Å². The average Bonchev–Trinajstić information content (AvgIpc) is 3.11. The van der Waals surface area contributed by atoms with Gasteiger partial charge in [-0.2, -0.15) is 4.31 Å². The summed E-state index contributed by atoms with van der Waals surface area (Å²) in [7, 11) is -5.18. The number of halogens is 1. The topological polar surface area (TPSA) is 62.7 Å². The van der Waals surface area contributed by atoms with Gasteiger partial charge in [0, 0.05) is 37.9 Å². The van der Waals surface area contributed by atoms with E-state index in [0.29, 0.717) is 37.6 Å². The number of anilines is 1. The highest BCUT2D eigenvalue weighted by Gasteiger charge is 2.38. The Morgan fingerprint density at radius 2 is 1.75 bits per heavy atom. The molecule has 0 aromatic carbocycles. The molecule has 0 radical (unpaired) electrons. The summed E-state index contributed by atoms with van der Waals surface area (Å²) < 4.78 is 46.3. The summed E-state index contributed by atoms with van der Waals surface area (Å²) in [6.45, 7) is 12.8. The van der Waals surface area contributed by atoms with Crippen molar-refractivity contribution in [1.82, 2.24) is 9.29 Å². The van der Waals surface area contributed by atoms with Gasteiger partial charge >= 0.3 is 0 Å². The third-order valence-electron chi connectivity index (χ3n) is 6.11. The zero-order valence-corrected chi connectivity index (χ0v) is 19.4. The van der Waals surface area contributed by atoms with Crippen LogP contribution < -0.4 is 4.90 Å². The molecule has 2 aliphatic rings. The molecule has 9 heteroatoms. The predicted molar refractivity (Wildman–Crippen MR) is 112 cm³/mol. The van der Waals surface area contributed by atoms with Crippen molar-refractivity contribution < 1.29 is 17.2 Å². The number of sulfonamides is 1. The van der Waals surface area contributed by atoms with Crippen molar-refractivity contribution in [2.24, 2.45) is 0 Å². The van der Waals surface area contributed by atoms with Crippen LogP contribution in [0.4, 0.5) is 10.2 Å². The Bertz CT molecular complexity index is 891. The van der Waals surface area contributed by atoms with E-state index in [2.05, 4.69) is 38.8 Å². The van der Waals surface area contributed by atoms with Crippen molar-refractivity contribution in [3.63, 3.8) is 0 Å². The van der Waals surface area contributed by atoms with Crippen LogP contribution >= 0.6 is 0 Å². The Morgan fingerprint density at radius 3 is 2.25 bits per heavy atom. The first kappa shape index (κ1) is 21.4. The van der Waals surface area contributed by atoms with Crippen LogP contribution in [0.1, 0.15) is 26.3 Å². The highest BCUT2D eigenvalue weighted by atomic mass is 32.2. The lowest BCUT2D eigenvalue weighted by molar-refractivity contribution is 0.271. The van der Waals surface area contributed by atoms with Crippen LogP contribution in [-0.4, -0.2) is 58.5 Å². The molecule has 0 unspecified atom stereocenters. The Morgan fingerprint density at radius 1 is 1.18 bits per heavy atom. The second-order valence-corrected chi connectivity index (χ2v) is 16.0. The van der Waals surface area contributed by atoms with E-state index in [-0.39, 0.29) is 17.5 Å². The molecule has 1 aromatic rings. The van der Waals surface area contributed by atoms with Gasteiger partial charge in [-0.25, -0.2) is 17.8 Å². The molecule has 0 N–H and O–H groups in total. The summed E-state index contributed by atoms with van der Waals surface area (Å²) in [6, 6.07) is 1.68. The lowest BCUT2D eigenvalue weighted by atomic mass is 10.2. The number of nitrogens with zero attached hydrogens (tertiary/aromatic N) is 3. The monoisotopic (exact) mass is 427 g/mol. The highest BCUT2D eigenvalue weighted by molar-refractivity contribution is 7.88. The first-order valence-corrected chi connectivity index (χ1v) is 14.2. The van der Waals surface area contributed by atoms with E-state index < -0.39 is 18.3 Å². The average molecular weight is 428 g/mol. The lowest BCUT2D eigenvalue weighted by Crippen LogP contribution is -2.40. The van der Waals surface area contributed by atoms with Crippen molar-refractivity contribution in [3.05, 3.63) is 34.8 Å². The van der Waals surface area contributed by atoms with Crippen LogP contribution in [0.2, 0.25) is 18.1 Å². The lowest BCUT2D eigenvalue weighted by Gasteiger charge is -2.36. The Labute approximate surface area is 168 Å². The first-order chi connectivity index (χ1) is 12.8. The zero-order chi connectivity index (χ0) is 20.9. The van der Waals surface area contributed by atoms with Crippen LogP contribution in [0, 0.1) is 5.82 Å². The molecule has 2 aliphatic heterocycles. The SMILES string of the molecule is CC(C)(C)[Si](C)(C)OCc1ccnc(N2CC3=C(C2)CN(S(C)(=O)=O)C3)c1F. The predicted octanol–water partition coefficient (Wildman–Crippen LogP) is 3.13. The second-order valence-electron chi connectivity index (χ2n) is 9.25. The van der Waals surface area contributed by atoms with E-state index in [0.717, 1.165) is 11.1 Å². The normalized spacial score (nSPS) is 18.9. The minimum Gasteiger partial charge on any atom is -0.412 e. The number of pyridine rings is 1. The van der Waals surface area contributed by atoms with Crippen LogP contribution in [0.25, 0.3) is 0 Å². The largest absolute Gasteiger partial charge is 0.412 e. The van der Waals surface area contributed by atoms with Gasteiger partial charge in [-0.05, 0) is 35.3 Å². The number of rotatable bonds is 5. The smallest absolute Gasteiger partial charge is 0.211 e. The number of hydrogen-bond acceptors (Lipinski definition) is 5. The molecule has 0 spiro atoms. The molecule has 0 atom stereocenters. The molecule has 3 heterocycles. The molecule has 0 bridgehead atoms. The van der Waals surface area contributed by atoms with Gasteiger partial charge in [0.25, 0.3) is 0 Å². The standard InChI is InChI=1S/C19H30FN3O3SSi/c1-19(2,3)28(5,6)26-13-14-7-8-21-18(17(14)20)22-9-15-11-23(27(4,24)25)12-16(15)10-22/h7-8H,9-13H2,1-6H3. The molecule has 0 saturated carbocycles. The summed E-state index contributed by atoms with van der Waals surface area (Å²) in [5.74, 6) is -0.0287. The molecule has 6 nitrogen and oxygen atoms in total. The third-order valence-corrected chi connectivity index (χ3v) is 11.8. The highest BCUT2D eigenvalue weighted by Crippen LogP contribution is 2.37. The van der Waals surface area contributed by atoms with Crippen molar-refractivity contribution in [2.45, 2.75) is 45.5 Å². The van der Waals surface area contributed by atoms with Gasteiger partial charge in [0.2, 0.25) is 10.0 Å². The Hall–Kier alpha value is -1.29. The summed E-state index contributed by atoms with van der Waals surface area (Å²) >= 11 is 0. The van der Waals surface area contributed by atoms with E-state index in [4.69, 9.17) is 4.43 Å². The van der Waals surface area contributed by atoms with Gasteiger partial charge in [0.1, 0.15) is 0 Å². The van der Waals surface area contributed by atoms with E-state index in [1.165, 1.54) is 10.6 Å². The summed E-state index contributed by atoms with van der Waals surface area (Å²) in [5.41, 5.74) is 2.61. The molecular formula is C19H30FN3O3SSi. The first-order valence-electron chi connectivity index (χ1n) is 9.47. The van der Waals surface area contributed by atoms with Crippen LogP contribution in [0.15, 0.2) is 23.4 Å². The fourth-order valence-electron chi connectivity index (χ4n) is 3.21. The van der Waals surface area contributed by atoms with Crippen LogP contribution in [0.5, 0.6) is 0 Å². The zero-order valence-electron chi connectivity index (χ0n) is 17.5.